The van der Waals surface area contributed by atoms with Crippen molar-refractivity contribution in [1.82, 2.24) is 9.78 Å². The van der Waals surface area contributed by atoms with E-state index in [4.69, 9.17) is 5.73 Å². The summed E-state index contributed by atoms with van der Waals surface area (Å²) in [6.45, 7) is 2.03. The third-order valence-corrected chi connectivity index (χ3v) is 3.48. The molecule has 1 aromatic carbocycles. The van der Waals surface area contributed by atoms with Gasteiger partial charge >= 0.3 is 0 Å². The van der Waals surface area contributed by atoms with Crippen LogP contribution in [-0.4, -0.2) is 16.0 Å². The minimum atomic E-state index is 0.594. The van der Waals surface area contributed by atoms with Crippen LogP contribution in [0.15, 0.2) is 29.2 Å². The van der Waals surface area contributed by atoms with Crippen LogP contribution in [0.5, 0.6) is 0 Å². The van der Waals surface area contributed by atoms with Crippen LogP contribution in [0.25, 0.3) is 11.1 Å². The predicted molar refractivity (Wildman–Crippen MR) is 69.6 cm³/mol. The number of hydrogen-bond acceptors (Lipinski definition) is 3. The standard InChI is InChI=1S/C12H15N3S/c1-8-11(12(13)14-15(8)2)9-4-6-10(16-3)7-5-9/h4-7H,1-3H3,(H2,13,14). The van der Waals surface area contributed by atoms with Crippen molar-refractivity contribution in [2.24, 2.45) is 7.05 Å². The van der Waals surface area contributed by atoms with Gasteiger partial charge in [-0.3, -0.25) is 4.68 Å². The maximum Gasteiger partial charge on any atom is 0.153 e. The van der Waals surface area contributed by atoms with Gasteiger partial charge in [-0.25, -0.2) is 0 Å². The molecular weight excluding hydrogens is 218 g/mol. The number of nitrogens with two attached hydrogens (primary N) is 1. The summed E-state index contributed by atoms with van der Waals surface area (Å²) in [4.78, 5) is 1.25. The van der Waals surface area contributed by atoms with Gasteiger partial charge in [0.1, 0.15) is 0 Å². The molecule has 0 saturated heterocycles. The van der Waals surface area contributed by atoms with Crippen LogP contribution in [-0.2, 0) is 7.05 Å². The van der Waals surface area contributed by atoms with Crippen molar-refractivity contribution in [3.05, 3.63) is 30.0 Å². The van der Waals surface area contributed by atoms with Gasteiger partial charge in [-0.05, 0) is 30.9 Å². The zero-order chi connectivity index (χ0) is 11.7. The molecule has 0 aliphatic rings. The Morgan fingerprint density at radius 2 is 1.88 bits per heavy atom. The molecule has 2 N–H and O–H groups in total. The Labute approximate surface area is 99.7 Å². The van der Waals surface area contributed by atoms with Crippen LogP contribution >= 0.6 is 11.8 Å². The van der Waals surface area contributed by atoms with Gasteiger partial charge in [0.25, 0.3) is 0 Å². The highest BCUT2D eigenvalue weighted by molar-refractivity contribution is 7.98. The van der Waals surface area contributed by atoms with Gasteiger partial charge < -0.3 is 5.73 Å². The average Bonchev–Trinajstić information content (AvgIpc) is 2.54. The molecule has 16 heavy (non-hydrogen) atoms. The Hall–Kier alpha value is -1.42. The van der Waals surface area contributed by atoms with Crippen LogP contribution in [0.2, 0.25) is 0 Å². The van der Waals surface area contributed by atoms with Crippen LogP contribution in [0.1, 0.15) is 5.69 Å². The average molecular weight is 233 g/mol. The molecule has 0 aliphatic carbocycles. The smallest absolute Gasteiger partial charge is 0.153 e. The number of thioether (sulfide) groups is 1. The first-order chi connectivity index (χ1) is 7.63. The molecule has 84 valence electrons. The molecule has 4 heteroatoms. The van der Waals surface area contributed by atoms with Crippen molar-refractivity contribution in [2.45, 2.75) is 11.8 Å². The highest BCUT2D eigenvalue weighted by atomic mass is 32.2. The van der Waals surface area contributed by atoms with E-state index in [0.29, 0.717) is 5.82 Å². The molecule has 0 radical (unpaired) electrons. The Balaban J connectivity index is 2.50. The second-order valence-corrected chi connectivity index (χ2v) is 4.58. The third-order valence-electron chi connectivity index (χ3n) is 2.74. The van der Waals surface area contributed by atoms with Crippen molar-refractivity contribution in [3.8, 4) is 11.1 Å². The summed E-state index contributed by atoms with van der Waals surface area (Å²) in [6, 6.07) is 8.39. The number of hydrogen-bond donors (Lipinski definition) is 1. The summed E-state index contributed by atoms with van der Waals surface area (Å²) in [7, 11) is 1.91. The van der Waals surface area contributed by atoms with E-state index in [0.717, 1.165) is 16.8 Å². The minimum Gasteiger partial charge on any atom is -0.382 e. The summed E-state index contributed by atoms with van der Waals surface area (Å²) in [5, 5.41) is 4.22. The predicted octanol–water partition coefficient (Wildman–Crippen LogP) is 2.70. The first kappa shape index (κ1) is 11.1. The maximum atomic E-state index is 5.91. The molecule has 2 rings (SSSR count). The number of rotatable bonds is 2. The summed E-state index contributed by atoms with van der Waals surface area (Å²) < 4.78 is 1.81. The largest absolute Gasteiger partial charge is 0.382 e. The molecule has 0 fully saturated rings. The van der Waals surface area contributed by atoms with E-state index in [1.807, 2.05) is 18.7 Å². The van der Waals surface area contributed by atoms with Gasteiger partial charge in [0.15, 0.2) is 5.82 Å². The lowest BCUT2D eigenvalue weighted by molar-refractivity contribution is 0.744. The Morgan fingerprint density at radius 1 is 1.25 bits per heavy atom. The van der Waals surface area contributed by atoms with Crippen molar-refractivity contribution in [1.29, 1.82) is 0 Å². The summed E-state index contributed by atoms with van der Waals surface area (Å²) >= 11 is 1.73. The molecule has 3 nitrogen and oxygen atoms in total. The Bertz CT molecular complexity index is 500. The van der Waals surface area contributed by atoms with Crippen molar-refractivity contribution >= 4 is 17.6 Å². The fourth-order valence-corrected chi connectivity index (χ4v) is 2.16. The van der Waals surface area contributed by atoms with E-state index in [9.17, 15) is 0 Å². The number of nitrogen functional groups attached to an aromatic ring is 1. The van der Waals surface area contributed by atoms with Gasteiger partial charge in [0, 0.05) is 23.2 Å². The molecule has 0 amide bonds. The monoisotopic (exact) mass is 233 g/mol. The van der Waals surface area contributed by atoms with E-state index >= 15 is 0 Å². The normalized spacial score (nSPS) is 10.7. The quantitative estimate of drug-likeness (QED) is 0.811. The van der Waals surface area contributed by atoms with Crippen LogP contribution in [0.4, 0.5) is 5.82 Å². The van der Waals surface area contributed by atoms with E-state index in [1.54, 1.807) is 11.8 Å². The molecule has 0 unspecified atom stereocenters. The van der Waals surface area contributed by atoms with Crippen molar-refractivity contribution in [2.75, 3.05) is 12.0 Å². The summed E-state index contributed by atoms with van der Waals surface area (Å²) in [5.74, 6) is 0.594. The number of aryl methyl sites for hydroxylation is 1. The van der Waals surface area contributed by atoms with E-state index < -0.39 is 0 Å². The fraction of sp³-hybridized carbons (Fsp3) is 0.250. The minimum absolute atomic E-state index is 0.594. The lowest BCUT2D eigenvalue weighted by atomic mass is 10.1. The lowest BCUT2D eigenvalue weighted by Gasteiger charge is -2.03. The summed E-state index contributed by atoms with van der Waals surface area (Å²) in [6.07, 6.45) is 2.07. The van der Waals surface area contributed by atoms with E-state index in [1.165, 1.54) is 4.90 Å². The zero-order valence-corrected chi connectivity index (χ0v) is 10.5. The molecule has 1 aromatic heterocycles. The van der Waals surface area contributed by atoms with Crippen LogP contribution in [0.3, 0.4) is 0 Å². The topological polar surface area (TPSA) is 43.8 Å². The number of nitrogens with zero attached hydrogens (tertiary/aromatic N) is 2. The first-order valence-electron chi connectivity index (χ1n) is 5.07. The number of aromatic nitrogens is 2. The molecule has 2 aromatic rings. The van der Waals surface area contributed by atoms with Crippen molar-refractivity contribution < 1.29 is 0 Å². The molecule has 0 saturated carbocycles. The molecule has 0 aliphatic heterocycles. The van der Waals surface area contributed by atoms with Crippen LogP contribution < -0.4 is 5.73 Å². The Kier molecular flexibility index (Phi) is 2.92. The van der Waals surface area contributed by atoms with E-state index in [-0.39, 0.29) is 0 Å². The number of anilines is 1. The first-order valence-corrected chi connectivity index (χ1v) is 6.29. The molecule has 1 heterocycles. The second-order valence-electron chi connectivity index (χ2n) is 3.70. The van der Waals surface area contributed by atoms with E-state index in [2.05, 4.69) is 35.6 Å². The highest BCUT2D eigenvalue weighted by Crippen LogP contribution is 2.29. The van der Waals surface area contributed by atoms with Gasteiger partial charge in [-0.15, -0.1) is 11.8 Å². The third kappa shape index (κ3) is 1.80. The fourth-order valence-electron chi connectivity index (χ4n) is 1.75. The van der Waals surface area contributed by atoms with Gasteiger partial charge in [0.2, 0.25) is 0 Å². The summed E-state index contributed by atoms with van der Waals surface area (Å²) in [5.41, 5.74) is 9.16. The highest BCUT2D eigenvalue weighted by Gasteiger charge is 2.11. The molecule has 0 bridgehead atoms. The molecule has 0 spiro atoms. The molecule has 0 atom stereocenters. The maximum absolute atomic E-state index is 5.91. The number of benzene rings is 1. The second kappa shape index (κ2) is 4.22. The lowest BCUT2D eigenvalue weighted by Crippen LogP contribution is -1.93. The van der Waals surface area contributed by atoms with Crippen LogP contribution in [0, 0.1) is 6.92 Å². The van der Waals surface area contributed by atoms with Crippen molar-refractivity contribution in [3.63, 3.8) is 0 Å². The Morgan fingerprint density at radius 3 is 2.31 bits per heavy atom. The van der Waals surface area contributed by atoms with Gasteiger partial charge in [-0.1, -0.05) is 12.1 Å². The zero-order valence-electron chi connectivity index (χ0n) is 9.69. The van der Waals surface area contributed by atoms with Gasteiger partial charge in [-0.2, -0.15) is 5.10 Å². The SMILES string of the molecule is CSc1ccc(-c2c(N)nn(C)c2C)cc1. The molecular formula is C12H15N3S. The van der Waals surface area contributed by atoms with Gasteiger partial charge in [0.05, 0.1) is 0 Å².